The van der Waals surface area contributed by atoms with Gasteiger partial charge in [-0.1, -0.05) is 19.9 Å². The van der Waals surface area contributed by atoms with E-state index in [0.29, 0.717) is 19.5 Å². The molecule has 118 valence electrons. The molecule has 1 atom stereocenters. The van der Waals surface area contributed by atoms with Gasteiger partial charge >= 0.3 is 12.0 Å². The van der Waals surface area contributed by atoms with Crippen LogP contribution in [0.1, 0.15) is 20.3 Å². The van der Waals surface area contributed by atoms with Crippen LogP contribution in [0.15, 0.2) is 12.7 Å². The Balaban J connectivity index is 2.50. The summed E-state index contributed by atoms with van der Waals surface area (Å²) in [6.45, 7) is 8.35. The van der Waals surface area contributed by atoms with E-state index in [2.05, 4.69) is 17.2 Å². The number of hydrogen-bond acceptors (Lipinski definition) is 4. The average Bonchev–Trinajstić information content (AvgIpc) is 2.81. The maximum atomic E-state index is 11.7. The van der Waals surface area contributed by atoms with Crippen molar-refractivity contribution in [2.24, 2.45) is 11.3 Å². The van der Waals surface area contributed by atoms with Crippen LogP contribution in [-0.4, -0.2) is 54.1 Å². The van der Waals surface area contributed by atoms with Gasteiger partial charge in [-0.15, -0.1) is 6.58 Å². The topological polar surface area (TPSA) is 98.7 Å². The van der Waals surface area contributed by atoms with Gasteiger partial charge in [-0.25, -0.2) is 4.79 Å². The van der Waals surface area contributed by atoms with Crippen LogP contribution < -0.4 is 10.6 Å². The summed E-state index contributed by atoms with van der Waals surface area (Å²) in [4.78, 5) is 36.3. The molecule has 21 heavy (non-hydrogen) atoms. The van der Waals surface area contributed by atoms with Crippen molar-refractivity contribution < 1.29 is 19.5 Å². The summed E-state index contributed by atoms with van der Waals surface area (Å²) in [6, 6.07) is -0.576. The second-order valence-electron chi connectivity index (χ2n) is 5.62. The van der Waals surface area contributed by atoms with E-state index >= 15 is 0 Å². The smallest absolute Gasteiger partial charge is 0.321 e. The van der Waals surface area contributed by atoms with Crippen LogP contribution in [-0.2, 0) is 9.59 Å². The minimum absolute atomic E-state index is 0.0149. The Labute approximate surface area is 124 Å². The van der Waals surface area contributed by atoms with Gasteiger partial charge in [0.25, 0.3) is 0 Å². The second kappa shape index (κ2) is 7.21. The van der Waals surface area contributed by atoms with Crippen LogP contribution >= 0.6 is 0 Å². The highest BCUT2D eigenvalue weighted by Gasteiger charge is 2.47. The van der Waals surface area contributed by atoms with Crippen molar-refractivity contribution in [3.05, 3.63) is 12.7 Å². The molecule has 3 N–H and O–H groups in total. The second-order valence-corrected chi connectivity index (χ2v) is 5.62. The lowest BCUT2D eigenvalue weighted by Crippen LogP contribution is -2.45. The fourth-order valence-electron chi connectivity index (χ4n) is 2.52. The molecule has 0 radical (unpaired) electrons. The average molecular weight is 297 g/mol. The molecule has 1 aliphatic heterocycles. The molecule has 1 heterocycles. The highest BCUT2D eigenvalue weighted by Crippen LogP contribution is 2.37. The zero-order chi connectivity index (χ0) is 16.0. The molecule has 7 heteroatoms. The largest absolute Gasteiger partial charge is 0.481 e. The van der Waals surface area contributed by atoms with E-state index in [9.17, 15) is 19.5 Å². The number of carboxylic acids is 1. The van der Waals surface area contributed by atoms with Crippen molar-refractivity contribution in [2.45, 2.75) is 20.3 Å². The molecule has 3 amide bonds. The molecule has 1 fully saturated rings. The quantitative estimate of drug-likeness (QED) is 0.618. The maximum Gasteiger partial charge on any atom is 0.321 e. The first-order valence-electron chi connectivity index (χ1n) is 6.96. The van der Waals surface area contributed by atoms with Crippen LogP contribution in [0.5, 0.6) is 0 Å². The molecule has 1 saturated heterocycles. The Morgan fingerprint density at radius 3 is 2.57 bits per heavy atom. The van der Waals surface area contributed by atoms with Crippen LogP contribution in [0.4, 0.5) is 4.79 Å². The van der Waals surface area contributed by atoms with Gasteiger partial charge < -0.3 is 10.4 Å². The molecule has 1 aliphatic rings. The summed E-state index contributed by atoms with van der Waals surface area (Å²) in [5.41, 5.74) is -0.814. The van der Waals surface area contributed by atoms with E-state index in [-0.39, 0.29) is 19.0 Å². The Hall–Kier alpha value is -1.89. The predicted molar refractivity (Wildman–Crippen MR) is 77.7 cm³/mol. The lowest BCUT2D eigenvalue weighted by atomic mass is 9.76. The third kappa shape index (κ3) is 4.29. The minimum Gasteiger partial charge on any atom is -0.481 e. The molecule has 7 nitrogen and oxygen atoms in total. The number of hydrogen-bond donors (Lipinski definition) is 3. The van der Waals surface area contributed by atoms with Crippen LogP contribution in [0.3, 0.4) is 0 Å². The van der Waals surface area contributed by atoms with Crippen molar-refractivity contribution in [1.29, 1.82) is 0 Å². The minimum atomic E-state index is -0.830. The first kappa shape index (κ1) is 17.2. The standard InChI is InChI=1S/C14H23N3O4/c1-4-6-15-13(21)16-11(18)8-17-7-5-14(9-17,10(2)3)12(19)20/h4,10H,1,5-9H2,2-3H3,(H,19,20)(H2,15,16,18,21). The first-order chi connectivity index (χ1) is 9.81. The number of imide groups is 1. The van der Waals surface area contributed by atoms with Crippen molar-refractivity contribution in [1.82, 2.24) is 15.5 Å². The van der Waals surface area contributed by atoms with E-state index in [1.54, 1.807) is 4.90 Å². The molecule has 0 aromatic rings. The SMILES string of the molecule is C=CCNC(=O)NC(=O)CN1CCC(C(=O)O)(C(C)C)C1. The number of carbonyl (C=O) groups excluding carboxylic acids is 2. The number of nitrogens with zero attached hydrogens (tertiary/aromatic N) is 1. The Kier molecular flexibility index (Phi) is 5.90. The van der Waals surface area contributed by atoms with E-state index in [1.165, 1.54) is 6.08 Å². The van der Waals surface area contributed by atoms with Gasteiger partial charge in [0.1, 0.15) is 0 Å². The number of nitrogens with one attached hydrogen (secondary N) is 2. The molecule has 0 aromatic heterocycles. The number of carbonyl (C=O) groups is 3. The van der Waals surface area contributed by atoms with E-state index < -0.39 is 23.3 Å². The summed E-state index contributed by atoms with van der Waals surface area (Å²) in [5, 5.41) is 14.1. The van der Waals surface area contributed by atoms with Gasteiger partial charge in [0.15, 0.2) is 0 Å². The third-order valence-electron chi connectivity index (χ3n) is 3.94. The Morgan fingerprint density at radius 2 is 2.10 bits per heavy atom. The zero-order valence-corrected chi connectivity index (χ0v) is 12.5. The van der Waals surface area contributed by atoms with Gasteiger partial charge in [0.2, 0.25) is 5.91 Å². The number of urea groups is 1. The van der Waals surface area contributed by atoms with Crippen molar-refractivity contribution in [2.75, 3.05) is 26.2 Å². The highest BCUT2D eigenvalue weighted by atomic mass is 16.4. The molecule has 0 aliphatic carbocycles. The van der Waals surface area contributed by atoms with Crippen LogP contribution in [0.2, 0.25) is 0 Å². The van der Waals surface area contributed by atoms with E-state index in [1.807, 2.05) is 13.8 Å². The number of likely N-dealkylation sites (tertiary alicyclic amines) is 1. The molecule has 0 spiro atoms. The van der Waals surface area contributed by atoms with Crippen molar-refractivity contribution >= 4 is 17.9 Å². The summed E-state index contributed by atoms with van der Waals surface area (Å²) < 4.78 is 0. The molecule has 0 bridgehead atoms. The summed E-state index contributed by atoms with van der Waals surface area (Å²) >= 11 is 0. The molecular weight excluding hydrogens is 274 g/mol. The van der Waals surface area contributed by atoms with Crippen molar-refractivity contribution in [3.8, 4) is 0 Å². The van der Waals surface area contributed by atoms with Gasteiger partial charge in [-0.05, 0) is 18.9 Å². The molecule has 1 unspecified atom stereocenters. The number of rotatable bonds is 6. The van der Waals surface area contributed by atoms with Crippen LogP contribution in [0.25, 0.3) is 0 Å². The maximum absolute atomic E-state index is 11.7. The van der Waals surface area contributed by atoms with Crippen molar-refractivity contribution in [3.63, 3.8) is 0 Å². The third-order valence-corrected chi connectivity index (χ3v) is 3.94. The van der Waals surface area contributed by atoms with Gasteiger partial charge in [0, 0.05) is 13.1 Å². The fourth-order valence-corrected chi connectivity index (χ4v) is 2.52. The molecular formula is C14H23N3O4. The van der Waals surface area contributed by atoms with Gasteiger partial charge in [-0.2, -0.15) is 0 Å². The number of aliphatic carboxylic acids is 1. The van der Waals surface area contributed by atoms with E-state index in [0.717, 1.165) is 0 Å². The number of carboxylic acid groups (broad SMARTS) is 1. The molecule has 0 saturated carbocycles. The summed E-state index contributed by atoms with van der Waals surface area (Å²) in [5.74, 6) is -1.29. The summed E-state index contributed by atoms with van der Waals surface area (Å²) in [7, 11) is 0. The lowest BCUT2D eigenvalue weighted by Gasteiger charge is -2.28. The molecule has 1 rings (SSSR count). The highest BCUT2D eigenvalue weighted by molar-refractivity contribution is 5.95. The molecule has 0 aromatic carbocycles. The zero-order valence-electron chi connectivity index (χ0n) is 12.5. The van der Waals surface area contributed by atoms with E-state index in [4.69, 9.17) is 0 Å². The lowest BCUT2D eigenvalue weighted by molar-refractivity contribution is -0.151. The van der Waals surface area contributed by atoms with Gasteiger partial charge in [0.05, 0.1) is 12.0 Å². The van der Waals surface area contributed by atoms with Crippen LogP contribution in [0, 0.1) is 11.3 Å². The Morgan fingerprint density at radius 1 is 1.43 bits per heavy atom. The summed E-state index contributed by atoms with van der Waals surface area (Å²) in [6.07, 6.45) is 2.02. The first-order valence-corrected chi connectivity index (χ1v) is 6.96. The normalized spacial score (nSPS) is 22.0. The Bertz CT molecular complexity index is 436. The van der Waals surface area contributed by atoms with Gasteiger partial charge in [-0.3, -0.25) is 19.8 Å². The number of amides is 3. The fraction of sp³-hybridized carbons (Fsp3) is 0.643. The monoisotopic (exact) mass is 297 g/mol. The predicted octanol–water partition coefficient (Wildman–Crippen LogP) is 0.431.